The molecule has 1 saturated heterocycles. The highest BCUT2D eigenvalue weighted by Gasteiger charge is 2.29. The third kappa shape index (κ3) is 2.98. The summed E-state index contributed by atoms with van der Waals surface area (Å²) >= 11 is 3.90. The summed E-state index contributed by atoms with van der Waals surface area (Å²) in [7, 11) is 0. The Labute approximate surface area is 110 Å². The molecule has 0 spiro atoms. The molecule has 4 unspecified atom stereocenters. The molecule has 96 valence electrons. The molecule has 4 atom stereocenters. The Balaban J connectivity index is 2.12. The van der Waals surface area contributed by atoms with Crippen LogP contribution in [0.3, 0.4) is 0 Å². The van der Waals surface area contributed by atoms with E-state index in [9.17, 15) is 0 Å². The molecule has 0 aliphatic carbocycles. The van der Waals surface area contributed by atoms with Gasteiger partial charge in [-0.15, -0.1) is 11.8 Å². The summed E-state index contributed by atoms with van der Waals surface area (Å²) in [6.45, 7) is 6.21. The van der Waals surface area contributed by atoms with Gasteiger partial charge in [-0.1, -0.05) is 19.0 Å². The van der Waals surface area contributed by atoms with Gasteiger partial charge in [-0.2, -0.15) is 16.7 Å². The second-order valence-corrected chi connectivity index (χ2v) is 7.24. The number of rotatable bonds is 3. The summed E-state index contributed by atoms with van der Waals surface area (Å²) in [5, 5.41) is 5.02. The number of thioether (sulfide) groups is 2. The minimum atomic E-state index is 0.0362. The van der Waals surface area contributed by atoms with Gasteiger partial charge in [0.2, 0.25) is 5.89 Å². The molecular weight excluding hydrogens is 254 g/mol. The van der Waals surface area contributed by atoms with E-state index < -0.39 is 0 Å². The number of nitrogens with zero attached hydrogens (tertiary/aromatic N) is 2. The first kappa shape index (κ1) is 13.2. The maximum atomic E-state index is 5.85. The monoisotopic (exact) mass is 273 g/mol. The van der Waals surface area contributed by atoms with Crippen LogP contribution >= 0.6 is 23.5 Å². The first-order valence-corrected chi connectivity index (χ1v) is 8.01. The largest absolute Gasteiger partial charge is 0.339 e. The Hall–Kier alpha value is -0.200. The zero-order chi connectivity index (χ0) is 12.4. The van der Waals surface area contributed by atoms with Crippen molar-refractivity contribution in [2.45, 2.75) is 43.2 Å². The predicted octanol–water partition coefficient (Wildman–Crippen LogP) is 2.43. The van der Waals surface area contributed by atoms with E-state index in [2.05, 4.69) is 17.1 Å². The van der Waals surface area contributed by atoms with Gasteiger partial charge in [-0.05, 0) is 6.92 Å². The summed E-state index contributed by atoms with van der Waals surface area (Å²) in [5.74, 6) is 3.98. The van der Waals surface area contributed by atoms with Crippen molar-refractivity contribution in [2.75, 3.05) is 11.5 Å². The van der Waals surface area contributed by atoms with Gasteiger partial charge in [-0.25, -0.2) is 0 Å². The van der Waals surface area contributed by atoms with Crippen molar-refractivity contribution in [2.24, 2.45) is 5.73 Å². The lowest BCUT2D eigenvalue weighted by molar-refractivity contribution is 0.342. The van der Waals surface area contributed by atoms with Gasteiger partial charge < -0.3 is 10.3 Å². The van der Waals surface area contributed by atoms with Gasteiger partial charge in [-0.3, -0.25) is 0 Å². The van der Waals surface area contributed by atoms with E-state index in [4.69, 9.17) is 10.3 Å². The molecule has 1 aliphatic heterocycles. The average Bonchev–Trinajstić information content (AvgIpc) is 2.77. The molecule has 2 N–H and O–H groups in total. The molecule has 1 aliphatic rings. The lowest BCUT2D eigenvalue weighted by Gasteiger charge is -2.24. The topological polar surface area (TPSA) is 64.9 Å². The maximum Gasteiger partial charge on any atom is 0.231 e. The van der Waals surface area contributed by atoms with Crippen molar-refractivity contribution in [3.05, 3.63) is 11.7 Å². The number of hydrogen-bond acceptors (Lipinski definition) is 6. The average molecular weight is 273 g/mol. The number of aromatic nitrogens is 2. The van der Waals surface area contributed by atoms with Crippen LogP contribution in [0.15, 0.2) is 4.52 Å². The summed E-state index contributed by atoms with van der Waals surface area (Å²) in [6, 6.07) is 0.0362. The molecule has 1 aromatic rings. The molecule has 0 bridgehead atoms. The first-order valence-electron chi connectivity index (χ1n) is 5.92. The highest BCUT2D eigenvalue weighted by atomic mass is 32.2. The Morgan fingerprint density at radius 2 is 2.06 bits per heavy atom. The normalized spacial score (nSPS) is 28.9. The van der Waals surface area contributed by atoms with Crippen molar-refractivity contribution in [1.29, 1.82) is 0 Å². The van der Waals surface area contributed by atoms with Crippen molar-refractivity contribution >= 4 is 23.5 Å². The standard InChI is InChI=1S/C11H19N3OS2/c1-6(7(2)12)11-13-10(14-15-11)9-8(3)16-4-5-17-9/h6-9H,4-5,12H2,1-3H3. The van der Waals surface area contributed by atoms with Gasteiger partial charge >= 0.3 is 0 Å². The van der Waals surface area contributed by atoms with Crippen molar-refractivity contribution in [3.8, 4) is 0 Å². The van der Waals surface area contributed by atoms with Gasteiger partial charge in [0.1, 0.15) is 0 Å². The minimum absolute atomic E-state index is 0.0362. The third-order valence-electron chi connectivity index (χ3n) is 3.08. The van der Waals surface area contributed by atoms with Gasteiger partial charge in [0.25, 0.3) is 0 Å². The Morgan fingerprint density at radius 1 is 1.35 bits per heavy atom. The van der Waals surface area contributed by atoms with Crippen molar-refractivity contribution < 1.29 is 4.52 Å². The Bertz CT molecular complexity index is 369. The second kappa shape index (κ2) is 5.63. The fourth-order valence-electron chi connectivity index (χ4n) is 1.69. The predicted molar refractivity (Wildman–Crippen MR) is 73.5 cm³/mol. The zero-order valence-electron chi connectivity index (χ0n) is 10.4. The fraction of sp³-hybridized carbons (Fsp3) is 0.818. The summed E-state index contributed by atoms with van der Waals surface area (Å²) in [6.07, 6.45) is 0. The molecule has 4 nitrogen and oxygen atoms in total. The Morgan fingerprint density at radius 3 is 2.71 bits per heavy atom. The minimum Gasteiger partial charge on any atom is -0.339 e. The van der Waals surface area contributed by atoms with E-state index in [1.54, 1.807) is 0 Å². The molecule has 17 heavy (non-hydrogen) atoms. The van der Waals surface area contributed by atoms with Crippen LogP contribution in [0.4, 0.5) is 0 Å². The summed E-state index contributed by atoms with van der Waals surface area (Å²) in [5.41, 5.74) is 5.85. The molecule has 6 heteroatoms. The molecule has 1 aromatic heterocycles. The van der Waals surface area contributed by atoms with Crippen LogP contribution in [-0.2, 0) is 0 Å². The molecule has 1 fully saturated rings. The quantitative estimate of drug-likeness (QED) is 0.912. The third-order valence-corrected chi connectivity index (χ3v) is 6.16. The van der Waals surface area contributed by atoms with E-state index in [1.165, 1.54) is 5.75 Å². The zero-order valence-corrected chi connectivity index (χ0v) is 12.1. The summed E-state index contributed by atoms with van der Waals surface area (Å²) in [4.78, 5) is 4.51. The molecule has 0 amide bonds. The van der Waals surface area contributed by atoms with Crippen molar-refractivity contribution in [1.82, 2.24) is 10.1 Å². The molecule has 2 rings (SSSR count). The van der Waals surface area contributed by atoms with E-state index in [1.807, 2.05) is 37.4 Å². The lowest BCUT2D eigenvalue weighted by Crippen LogP contribution is -2.23. The van der Waals surface area contributed by atoms with Crippen LogP contribution in [-0.4, -0.2) is 32.9 Å². The van der Waals surface area contributed by atoms with E-state index in [0.717, 1.165) is 11.6 Å². The molecule has 0 saturated carbocycles. The molecule has 0 radical (unpaired) electrons. The maximum absolute atomic E-state index is 5.85. The summed E-state index contributed by atoms with van der Waals surface area (Å²) < 4.78 is 5.33. The van der Waals surface area contributed by atoms with E-state index in [-0.39, 0.29) is 12.0 Å². The van der Waals surface area contributed by atoms with Crippen LogP contribution in [0.2, 0.25) is 0 Å². The number of nitrogens with two attached hydrogens (primary N) is 1. The lowest BCUT2D eigenvalue weighted by atomic mass is 10.1. The van der Waals surface area contributed by atoms with E-state index in [0.29, 0.717) is 16.4 Å². The van der Waals surface area contributed by atoms with Gasteiger partial charge in [0.15, 0.2) is 5.82 Å². The molecule has 2 heterocycles. The van der Waals surface area contributed by atoms with E-state index >= 15 is 0 Å². The smallest absolute Gasteiger partial charge is 0.231 e. The second-order valence-electron chi connectivity index (χ2n) is 4.51. The van der Waals surface area contributed by atoms with Crippen LogP contribution in [0, 0.1) is 0 Å². The fourth-order valence-corrected chi connectivity index (χ4v) is 4.37. The van der Waals surface area contributed by atoms with Crippen molar-refractivity contribution in [3.63, 3.8) is 0 Å². The molecular formula is C11H19N3OS2. The Kier molecular flexibility index (Phi) is 4.38. The number of hydrogen-bond donors (Lipinski definition) is 1. The van der Waals surface area contributed by atoms with Crippen LogP contribution in [0.25, 0.3) is 0 Å². The van der Waals surface area contributed by atoms with Crippen LogP contribution in [0.1, 0.15) is 43.7 Å². The first-order chi connectivity index (χ1) is 8.09. The van der Waals surface area contributed by atoms with Crippen LogP contribution < -0.4 is 5.73 Å². The van der Waals surface area contributed by atoms with Crippen LogP contribution in [0.5, 0.6) is 0 Å². The highest BCUT2D eigenvalue weighted by molar-refractivity contribution is 8.06. The van der Waals surface area contributed by atoms with Gasteiger partial charge in [0, 0.05) is 22.8 Å². The van der Waals surface area contributed by atoms with Gasteiger partial charge in [0.05, 0.1) is 11.2 Å². The molecule has 0 aromatic carbocycles. The SMILES string of the molecule is CC(N)C(C)c1nc(C2SCCSC2C)no1. The highest BCUT2D eigenvalue weighted by Crippen LogP contribution is 2.41.